The standard InChI is InChI=1S/C10H12N4O.C7H8/c1-7-8(4-11)10(13-6-12-2)9(5-15)14(7)3;1-7-5-3-2-4-6-7/h5-6H,1-3H3,(H,12,13);2-6H,1H3. The molecule has 0 aliphatic rings. The first-order chi connectivity index (χ1) is 10.6. The van der Waals surface area contributed by atoms with Crippen molar-refractivity contribution in [2.24, 2.45) is 12.0 Å². The Balaban J connectivity index is 0.000000287. The minimum absolute atomic E-state index is 0.448. The van der Waals surface area contributed by atoms with Gasteiger partial charge in [-0.25, -0.2) is 0 Å². The van der Waals surface area contributed by atoms with Crippen LogP contribution in [0.5, 0.6) is 0 Å². The van der Waals surface area contributed by atoms with Gasteiger partial charge in [-0.15, -0.1) is 0 Å². The molecule has 2 rings (SSSR count). The van der Waals surface area contributed by atoms with Crippen molar-refractivity contribution in [2.45, 2.75) is 13.8 Å². The van der Waals surface area contributed by atoms with Crippen molar-refractivity contribution in [1.29, 1.82) is 5.26 Å². The second kappa shape index (κ2) is 8.42. The molecule has 0 amide bonds. The number of aromatic nitrogens is 1. The summed E-state index contributed by atoms with van der Waals surface area (Å²) in [5.74, 6) is 0. The number of nitrogens with one attached hydrogen (secondary N) is 1. The molecule has 0 unspecified atom stereocenters. The molecule has 0 aliphatic carbocycles. The third-order valence-corrected chi connectivity index (χ3v) is 3.23. The Morgan fingerprint density at radius 1 is 1.27 bits per heavy atom. The van der Waals surface area contributed by atoms with Crippen LogP contribution in [-0.4, -0.2) is 24.2 Å². The highest BCUT2D eigenvalue weighted by molar-refractivity contribution is 5.92. The second-order valence-corrected chi connectivity index (χ2v) is 4.70. The molecule has 0 bridgehead atoms. The lowest BCUT2D eigenvalue weighted by Crippen LogP contribution is -2.01. The number of rotatable bonds is 3. The number of anilines is 1. The second-order valence-electron chi connectivity index (χ2n) is 4.70. The van der Waals surface area contributed by atoms with Gasteiger partial charge in [0.05, 0.1) is 17.6 Å². The number of nitriles is 1. The molecular formula is C17H20N4O. The maximum absolute atomic E-state index is 10.9. The quantitative estimate of drug-likeness (QED) is 0.537. The molecule has 0 saturated carbocycles. The number of carbonyl (C=O) groups excluding carboxylic acids is 1. The van der Waals surface area contributed by atoms with Crippen molar-refractivity contribution in [3.05, 3.63) is 52.8 Å². The number of benzene rings is 1. The summed E-state index contributed by atoms with van der Waals surface area (Å²) >= 11 is 0. The summed E-state index contributed by atoms with van der Waals surface area (Å²) in [6.45, 7) is 3.87. The van der Waals surface area contributed by atoms with Crippen LogP contribution in [0.4, 0.5) is 5.69 Å². The largest absolute Gasteiger partial charge is 0.344 e. The van der Waals surface area contributed by atoms with E-state index >= 15 is 0 Å². The Morgan fingerprint density at radius 3 is 2.32 bits per heavy atom. The van der Waals surface area contributed by atoms with Crippen LogP contribution >= 0.6 is 0 Å². The van der Waals surface area contributed by atoms with Crippen LogP contribution in [0.1, 0.15) is 27.3 Å². The number of aldehydes is 1. The number of carbonyl (C=O) groups is 1. The van der Waals surface area contributed by atoms with Gasteiger partial charge in [-0.05, 0) is 13.8 Å². The van der Waals surface area contributed by atoms with Gasteiger partial charge in [-0.2, -0.15) is 5.26 Å². The van der Waals surface area contributed by atoms with E-state index < -0.39 is 0 Å². The molecule has 0 saturated heterocycles. The normalized spacial score (nSPS) is 9.77. The van der Waals surface area contributed by atoms with Crippen molar-refractivity contribution >= 4 is 18.3 Å². The Bertz CT molecular complexity index is 694. The van der Waals surface area contributed by atoms with Crippen LogP contribution in [0.15, 0.2) is 35.3 Å². The minimum atomic E-state index is 0.448. The molecule has 0 atom stereocenters. The van der Waals surface area contributed by atoms with Crippen LogP contribution in [0.3, 0.4) is 0 Å². The van der Waals surface area contributed by atoms with Crippen molar-refractivity contribution in [1.82, 2.24) is 4.57 Å². The summed E-state index contributed by atoms with van der Waals surface area (Å²) in [6, 6.07) is 12.3. The molecule has 5 nitrogen and oxygen atoms in total. The van der Waals surface area contributed by atoms with E-state index in [0.29, 0.717) is 16.9 Å². The third-order valence-electron chi connectivity index (χ3n) is 3.23. The fraction of sp³-hybridized carbons (Fsp3) is 0.235. The SMILES string of the molecule is CN=CNc1c(C#N)c(C)n(C)c1C=O.Cc1ccccc1. The molecule has 1 heterocycles. The summed E-state index contributed by atoms with van der Waals surface area (Å²) in [5, 5.41) is 11.8. The third kappa shape index (κ3) is 4.06. The fourth-order valence-electron chi connectivity index (χ4n) is 1.91. The van der Waals surface area contributed by atoms with Gasteiger partial charge in [0.1, 0.15) is 11.8 Å². The highest BCUT2D eigenvalue weighted by Gasteiger charge is 2.16. The van der Waals surface area contributed by atoms with Gasteiger partial charge in [-0.1, -0.05) is 35.9 Å². The minimum Gasteiger partial charge on any atom is -0.344 e. The van der Waals surface area contributed by atoms with E-state index in [0.717, 1.165) is 12.0 Å². The van der Waals surface area contributed by atoms with Gasteiger partial charge in [0.25, 0.3) is 0 Å². The van der Waals surface area contributed by atoms with E-state index in [2.05, 4.69) is 35.4 Å². The van der Waals surface area contributed by atoms with E-state index in [9.17, 15) is 4.79 Å². The molecule has 0 aliphatic heterocycles. The summed E-state index contributed by atoms with van der Waals surface area (Å²) in [7, 11) is 3.35. The Hall–Kier alpha value is -2.87. The molecule has 1 N–H and O–H groups in total. The lowest BCUT2D eigenvalue weighted by atomic mass is 10.2. The predicted molar refractivity (Wildman–Crippen MR) is 89.5 cm³/mol. The Morgan fingerprint density at radius 2 is 1.91 bits per heavy atom. The average molecular weight is 296 g/mol. The van der Waals surface area contributed by atoms with E-state index in [1.807, 2.05) is 18.2 Å². The molecular weight excluding hydrogens is 276 g/mol. The smallest absolute Gasteiger partial charge is 0.168 e. The Kier molecular flexibility index (Phi) is 6.58. The molecule has 1 aromatic heterocycles. The van der Waals surface area contributed by atoms with E-state index in [1.54, 1.807) is 25.6 Å². The van der Waals surface area contributed by atoms with Crippen molar-refractivity contribution in [2.75, 3.05) is 12.4 Å². The average Bonchev–Trinajstić information content (AvgIpc) is 2.77. The van der Waals surface area contributed by atoms with E-state index in [1.165, 1.54) is 11.9 Å². The molecule has 2 aromatic rings. The van der Waals surface area contributed by atoms with Crippen LogP contribution in [0.2, 0.25) is 0 Å². The van der Waals surface area contributed by atoms with Gasteiger partial charge in [0.2, 0.25) is 0 Å². The zero-order valence-electron chi connectivity index (χ0n) is 13.3. The number of hydrogen-bond acceptors (Lipinski definition) is 3. The first kappa shape index (κ1) is 17.2. The van der Waals surface area contributed by atoms with Gasteiger partial charge >= 0.3 is 0 Å². The maximum atomic E-state index is 10.9. The van der Waals surface area contributed by atoms with Crippen molar-refractivity contribution in [3.8, 4) is 6.07 Å². The highest BCUT2D eigenvalue weighted by Crippen LogP contribution is 2.24. The van der Waals surface area contributed by atoms with Crippen LogP contribution in [0, 0.1) is 25.2 Å². The number of nitrogens with zero attached hydrogens (tertiary/aromatic N) is 3. The molecule has 0 radical (unpaired) electrons. The van der Waals surface area contributed by atoms with Crippen LogP contribution in [-0.2, 0) is 7.05 Å². The highest BCUT2D eigenvalue weighted by atomic mass is 16.1. The van der Waals surface area contributed by atoms with E-state index in [-0.39, 0.29) is 0 Å². The topological polar surface area (TPSA) is 70.2 Å². The molecule has 5 heteroatoms. The first-order valence-electron chi connectivity index (χ1n) is 6.80. The van der Waals surface area contributed by atoms with Crippen molar-refractivity contribution < 1.29 is 4.79 Å². The number of aryl methyl sites for hydroxylation is 1. The van der Waals surface area contributed by atoms with E-state index in [4.69, 9.17) is 5.26 Å². The van der Waals surface area contributed by atoms with Crippen LogP contribution < -0.4 is 5.32 Å². The monoisotopic (exact) mass is 296 g/mol. The summed E-state index contributed by atoms with van der Waals surface area (Å²) < 4.78 is 1.68. The molecule has 114 valence electrons. The van der Waals surface area contributed by atoms with Crippen molar-refractivity contribution in [3.63, 3.8) is 0 Å². The zero-order chi connectivity index (χ0) is 16.5. The summed E-state index contributed by atoms with van der Waals surface area (Å²) in [5.41, 5.74) is 3.51. The predicted octanol–water partition coefficient (Wildman–Crippen LogP) is 3.08. The van der Waals surface area contributed by atoms with Gasteiger partial charge in [0.15, 0.2) is 6.29 Å². The summed E-state index contributed by atoms with van der Waals surface area (Å²) in [4.78, 5) is 14.6. The molecule has 1 aromatic carbocycles. The zero-order valence-corrected chi connectivity index (χ0v) is 13.3. The lowest BCUT2D eigenvalue weighted by molar-refractivity contribution is 0.111. The number of hydrogen-bond donors (Lipinski definition) is 1. The number of aliphatic imine (C=N–C) groups is 1. The summed E-state index contributed by atoms with van der Waals surface area (Å²) in [6.07, 6.45) is 2.17. The first-order valence-corrected chi connectivity index (χ1v) is 6.80. The molecule has 0 fully saturated rings. The Labute approximate surface area is 130 Å². The van der Waals surface area contributed by atoms with Gasteiger partial charge < -0.3 is 9.88 Å². The van der Waals surface area contributed by atoms with Gasteiger partial charge in [-0.3, -0.25) is 9.79 Å². The maximum Gasteiger partial charge on any atom is 0.168 e. The van der Waals surface area contributed by atoms with Gasteiger partial charge in [0, 0.05) is 19.8 Å². The fourth-order valence-corrected chi connectivity index (χ4v) is 1.91. The van der Waals surface area contributed by atoms with Crippen LogP contribution in [0.25, 0.3) is 0 Å². The molecule has 22 heavy (non-hydrogen) atoms. The lowest BCUT2D eigenvalue weighted by Gasteiger charge is -1.99. The molecule has 0 spiro atoms.